The van der Waals surface area contributed by atoms with E-state index in [9.17, 15) is 4.79 Å². The molecule has 0 unspecified atom stereocenters. The molecule has 1 aromatic rings. The summed E-state index contributed by atoms with van der Waals surface area (Å²) in [5.41, 5.74) is 4.58. The van der Waals surface area contributed by atoms with Gasteiger partial charge in [0, 0.05) is 30.7 Å². The number of methoxy groups -OCH3 is 1. The highest BCUT2D eigenvalue weighted by Gasteiger charge is 2.61. The van der Waals surface area contributed by atoms with Gasteiger partial charge in [-0.05, 0) is 78.9 Å². The van der Waals surface area contributed by atoms with Crippen molar-refractivity contribution in [2.75, 3.05) is 7.11 Å². The standard InChI is InChI=1S/C29H42N2O2/c1-18(7-12-25(32)33-6)20-9-10-21-19-8-11-24-27(2,3)26-23(30-15-16-31-26)17-29(24,5)22(19)13-14-28(20,21)4/h11,15-16,18-22H,7-10,12-14,17H2,1-6H3/t18-,19+,20-,21+,22+,28-,29-/m1/s1. The van der Waals surface area contributed by atoms with E-state index in [2.05, 4.69) is 40.7 Å². The zero-order chi connectivity index (χ0) is 23.6. The summed E-state index contributed by atoms with van der Waals surface area (Å²) in [5, 5.41) is 0. The number of carbonyl (C=O) groups excluding carboxylic acids is 1. The fourth-order valence-corrected chi connectivity index (χ4v) is 9.41. The number of hydrogen-bond acceptors (Lipinski definition) is 4. The zero-order valence-electron chi connectivity index (χ0n) is 21.5. The van der Waals surface area contributed by atoms with Crippen molar-refractivity contribution in [1.29, 1.82) is 0 Å². The molecule has 180 valence electrons. The quantitative estimate of drug-likeness (QED) is 0.399. The van der Waals surface area contributed by atoms with E-state index < -0.39 is 0 Å². The Labute approximate surface area is 200 Å². The number of fused-ring (bicyclic) bond motifs is 6. The van der Waals surface area contributed by atoms with Crippen molar-refractivity contribution in [3.63, 3.8) is 0 Å². The van der Waals surface area contributed by atoms with Crippen LogP contribution in [0.2, 0.25) is 0 Å². The van der Waals surface area contributed by atoms with Crippen LogP contribution in [-0.2, 0) is 21.4 Å². The Morgan fingerprint density at radius 3 is 2.64 bits per heavy atom. The molecule has 0 bridgehead atoms. The molecule has 0 N–H and O–H groups in total. The third kappa shape index (κ3) is 3.33. The third-order valence-electron chi connectivity index (χ3n) is 10.8. The monoisotopic (exact) mass is 450 g/mol. The molecule has 2 saturated carbocycles. The van der Waals surface area contributed by atoms with Gasteiger partial charge >= 0.3 is 5.97 Å². The van der Waals surface area contributed by atoms with Crippen molar-refractivity contribution in [3.05, 3.63) is 35.4 Å². The molecule has 0 spiro atoms. The first-order valence-electron chi connectivity index (χ1n) is 13.2. The summed E-state index contributed by atoms with van der Waals surface area (Å²) >= 11 is 0. The van der Waals surface area contributed by atoms with Gasteiger partial charge in [-0.25, -0.2) is 0 Å². The Hall–Kier alpha value is -1.71. The Bertz CT molecular complexity index is 968. The average molecular weight is 451 g/mol. The SMILES string of the molecule is COC(=O)CC[C@@H](C)[C@H]1CC[C@H]2[C@@H]3CC=C4C(C)(C)c5nccnc5C[C@]4(C)[C@H]3CC[C@]12C. The van der Waals surface area contributed by atoms with Crippen LogP contribution in [0.3, 0.4) is 0 Å². The summed E-state index contributed by atoms with van der Waals surface area (Å²) in [5.74, 6) is 3.53. The van der Waals surface area contributed by atoms with Crippen molar-refractivity contribution in [2.45, 2.75) is 91.4 Å². The third-order valence-corrected chi connectivity index (χ3v) is 10.8. The van der Waals surface area contributed by atoms with Crippen LogP contribution in [0, 0.1) is 40.4 Å². The van der Waals surface area contributed by atoms with E-state index >= 15 is 0 Å². The van der Waals surface area contributed by atoms with Crippen molar-refractivity contribution in [3.8, 4) is 0 Å². The minimum atomic E-state index is -0.0635. The summed E-state index contributed by atoms with van der Waals surface area (Å²) in [6, 6.07) is 0. The highest BCUT2D eigenvalue weighted by molar-refractivity contribution is 5.69. The number of nitrogens with zero attached hydrogens (tertiary/aromatic N) is 2. The molecule has 4 heteroatoms. The summed E-state index contributed by atoms with van der Waals surface area (Å²) in [6.45, 7) is 12.3. The highest BCUT2D eigenvalue weighted by Crippen LogP contribution is 2.68. The molecule has 1 aromatic heterocycles. The van der Waals surface area contributed by atoms with Crippen LogP contribution in [0.4, 0.5) is 0 Å². The largest absolute Gasteiger partial charge is 0.469 e. The van der Waals surface area contributed by atoms with Crippen LogP contribution in [-0.4, -0.2) is 23.0 Å². The first kappa shape index (κ1) is 23.1. The van der Waals surface area contributed by atoms with Gasteiger partial charge in [0.1, 0.15) is 0 Å². The molecule has 0 amide bonds. The molecule has 4 aliphatic carbocycles. The molecule has 0 aromatic carbocycles. The van der Waals surface area contributed by atoms with Gasteiger partial charge in [-0.2, -0.15) is 0 Å². The maximum Gasteiger partial charge on any atom is 0.305 e. The molecule has 7 atom stereocenters. The van der Waals surface area contributed by atoms with Crippen molar-refractivity contribution in [1.82, 2.24) is 9.97 Å². The molecular weight excluding hydrogens is 408 g/mol. The van der Waals surface area contributed by atoms with Gasteiger partial charge in [0.05, 0.1) is 18.5 Å². The second kappa shape index (κ2) is 7.92. The van der Waals surface area contributed by atoms with E-state index in [0.717, 1.165) is 36.5 Å². The van der Waals surface area contributed by atoms with Crippen LogP contribution in [0.5, 0.6) is 0 Å². The molecule has 2 fully saturated rings. The maximum atomic E-state index is 11.8. The topological polar surface area (TPSA) is 52.1 Å². The van der Waals surface area contributed by atoms with E-state index in [4.69, 9.17) is 14.7 Å². The molecular formula is C29H42N2O2. The molecule has 5 rings (SSSR count). The Balaban J connectivity index is 1.42. The van der Waals surface area contributed by atoms with Gasteiger partial charge < -0.3 is 4.74 Å². The van der Waals surface area contributed by atoms with E-state index in [1.54, 1.807) is 5.57 Å². The van der Waals surface area contributed by atoms with E-state index in [1.807, 2.05) is 12.4 Å². The summed E-state index contributed by atoms with van der Waals surface area (Å²) in [6.07, 6.45) is 15.4. The van der Waals surface area contributed by atoms with Gasteiger partial charge in [0.2, 0.25) is 0 Å². The Morgan fingerprint density at radius 2 is 1.88 bits per heavy atom. The van der Waals surface area contributed by atoms with Crippen LogP contribution in [0.15, 0.2) is 24.0 Å². The minimum Gasteiger partial charge on any atom is -0.469 e. The molecule has 1 heterocycles. The molecule has 4 nitrogen and oxygen atoms in total. The van der Waals surface area contributed by atoms with Crippen LogP contribution in [0.1, 0.15) is 91.0 Å². The van der Waals surface area contributed by atoms with E-state index in [-0.39, 0.29) is 16.8 Å². The van der Waals surface area contributed by atoms with Gasteiger partial charge in [-0.15, -0.1) is 0 Å². The molecule has 33 heavy (non-hydrogen) atoms. The normalized spacial score (nSPS) is 39.4. The fraction of sp³-hybridized carbons (Fsp3) is 0.759. The molecule has 0 radical (unpaired) electrons. The lowest BCUT2D eigenvalue weighted by Crippen LogP contribution is -2.54. The molecule has 4 aliphatic rings. The van der Waals surface area contributed by atoms with E-state index in [0.29, 0.717) is 17.8 Å². The maximum absolute atomic E-state index is 11.8. The number of esters is 1. The predicted octanol–water partition coefficient (Wildman–Crippen LogP) is 6.29. The van der Waals surface area contributed by atoms with Crippen molar-refractivity contribution < 1.29 is 9.53 Å². The number of allylic oxidation sites excluding steroid dienone is 2. The smallest absolute Gasteiger partial charge is 0.305 e. The number of hydrogen-bond donors (Lipinski definition) is 0. The lowest BCUT2D eigenvalue weighted by Gasteiger charge is -2.60. The second-order valence-corrected chi connectivity index (χ2v) is 12.6. The van der Waals surface area contributed by atoms with Gasteiger partial charge in [-0.3, -0.25) is 14.8 Å². The number of aromatic nitrogens is 2. The van der Waals surface area contributed by atoms with Crippen LogP contribution < -0.4 is 0 Å². The number of rotatable bonds is 4. The number of ether oxygens (including phenoxy) is 1. The lowest BCUT2D eigenvalue weighted by atomic mass is 9.44. The van der Waals surface area contributed by atoms with Crippen LogP contribution in [0.25, 0.3) is 0 Å². The summed E-state index contributed by atoms with van der Waals surface area (Å²) < 4.78 is 4.91. The van der Waals surface area contributed by atoms with Gasteiger partial charge in [-0.1, -0.05) is 46.3 Å². The van der Waals surface area contributed by atoms with E-state index in [1.165, 1.54) is 50.6 Å². The Morgan fingerprint density at radius 1 is 1.12 bits per heavy atom. The Kier molecular flexibility index (Phi) is 5.53. The first-order valence-corrected chi connectivity index (χ1v) is 13.2. The fourth-order valence-electron chi connectivity index (χ4n) is 9.41. The van der Waals surface area contributed by atoms with Crippen molar-refractivity contribution >= 4 is 5.97 Å². The van der Waals surface area contributed by atoms with Crippen molar-refractivity contribution in [2.24, 2.45) is 40.4 Å². The zero-order valence-corrected chi connectivity index (χ0v) is 21.5. The summed E-state index contributed by atoms with van der Waals surface area (Å²) in [4.78, 5) is 21.4. The van der Waals surface area contributed by atoms with Gasteiger partial charge in [0.25, 0.3) is 0 Å². The van der Waals surface area contributed by atoms with Crippen LogP contribution >= 0.6 is 0 Å². The minimum absolute atomic E-state index is 0.0388. The lowest BCUT2D eigenvalue weighted by molar-refractivity contribution is -0.141. The van der Waals surface area contributed by atoms with Gasteiger partial charge in [0.15, 0.2) is 0 Å². The predicted molar refractivity (Wildman–Crippen MR) is 131 cm³/mol. The average Bonchev–Trinajstić information content (AvgIpc) is 3.14. The summed E-state index contributed by atoms with van der Waals surface area (Å²) in [7, 11) is 1.50. The first-order chi connectivity index (χ1) is 15.6. The number of carbonyl (C=O) groups is 1. The molecule has 0 saturated heterocycles. The highest BCUT2D eigenvalue weighted by atomic mass is 16.5. The second-order valence-electron chi connectivity index (χ2n) is 12.6. The molecule has 0 aliphatic heterocycles.